The maximum atomic E-state index is 12.4. The molecular weight excluding hydrogens is 340 g/mol. The first-order valence-corrected chi connectivity index (χ1v) is 10.4. The number of carbonyl (C=O) groups excluding carboxylic acids is 2. The van der Waals surface area contributed by atoms with Crippen LogP contribution in [-0.2, 0) is 14.3 Å². The highest BCUT2D eigenvalue weighted by Crippen LogP contribution is 2.49. The monoisotopic (exact) mass is 370 g/mol. The summed E-state index contributed by atoms with van der Waals surface area (Å²) in [6.07, 6.45) is 7.19. The molecule has 1 aromatic carbocycles. The zero-order chi connectivity index (χ0) is 18.8. The first-order chi connectivity index (χ1) is 13.1. The zero-order valence-electron chi connectivity index (χ0n) is 16.2. The maximum absolute atomic E-state index is 12.4. The molecule has 1 heterocycles. The molecule has 3 aliphatic rings. The van der Waals surface area contributed by atoms with Gasteiger partial charge in [0.1, 0.15) is 0 Å². The molecule has 4 rings (SSSR count). The van der Waals surface area contributed by atoms with Gasteiger partial charge in [-0.25, -0.2) is 0 Å². The van der Waals surface area contributed by atoms with Gasteiger partial charge < -0.3 is 15.0 Å². The SMILES string of the molecule is C[C@@H](OC(=O)C[C@H]1C[C@H]2CC[C@H]1C2)C(=O)Nc1ccc(N2CCCC2)cc1. The molecule has 5 heteroatoms. The number of benzene rings is 1. The number of esters is 1. The molecule has 1 saturated heterocycles. The van der Waals surface area contributed by atoms with Crippen LogP contribution in [0.2, 0.25) is 0 Å². The molecule has 146 valence electrons. The Hall–Kier alpha value is -2.04. The van der Waals surface area contributed by atoms with E-state index < -0.39 is 6.10 Å². The number of nitrogens with one attached hydrogen (secondary N) is 1. The topological polar surface area (TPSA) is 58.6 Å². The number of hydrogen-bond donors (Lipinski definition) is 1. The lowest BCUT2D eigenvalue weighted by Crippen LogP contribution is -2.31. The van der Waals surface area contributed by atoms with Gasteiger partial charge in [-0.15, -0.1) is 0 Å². The number of rotatable bonds is 6. The molecule has 1 amide bonds. The van der Waals surface area contributed by atoms with E-state index in [-0.39, 0.29) is 11.9 Å². The standard InChI is InChI=1S/C22H30N2O3/c1-15(27-21(25)14-18-13-16-4-5-17(18)12-16)22(26)23-19-6-8-20(9-7-19)24-10-2-3-11-24/h6-9,15-18H,2-5,10-14H2,1H3,(H,23,26)/t15-,16+,17+,18-/m1/s1. The van der Waals surface area contributed by atoms with Crippen molar-refractivity contribution in [1.29, 1.82) is 0 Å². The van der Waals surface area contributed by atoms with Crippen LogP contribution in [0, 0.1) is 17.8 Å². The quantitative estimate of drug-likeness (QED) is 0.770. The van der Waals surface area contributed by atoms with Crippen LogP contribution in [-0.4, -0.2) is 31.1 Å². The van der Waals surface area contributed by atoms with Crippen molar-refractivity contribution in [3.8, 4) is 0 Å². The highest BCUT2D eigenvalue weighted by Gasteiger charge is 2.40. The van der Waals surface area contributed by atoms with E-state index in [0.29, 0.717) is 18.3 Å². The summed E-state index contributed by atoms with van der Waals surface area (Å²) in [6, 6.07) is 7.89. The summed E-state index contributed by atoms with van der Waals surface area (Å²) in [4.78, 5) is 26.9. The highest BCUT2D eigenvalue weighted by atomic mass is 16.5. The summed E-state index contributed by atoms with van der Waals surface area (Å²) in [5.41, 5.74) is 1.93. The number of ether oxygens (including phenoxy) is 1. The predicted octanol–water partition coefficient (Wildman–Crippen LogP) is 3.98. The van der Waals surface area contributed by atoms with Crippen LogP contribution >= 0.6 is 0 Å². The van der Waals surface area contributed by atoms with Crippen LogP contribution in [0.1, 0.15) is 51.9 Å². The largest absolute Gasteiger partial charge is 0.453 e. The Bertz CT molecular complexity index is 681. The summed E-state index contributed by atoms with van der Waals surface area (Å²) < 4.78 is 5.40. The van der Waals surface area contributed by atoms with Gasteiger partial charge >= 0.3 is 5.97 Å². The van der Waals surface area contributed by atoms with Crippen LogP contribution in [0.25, 0.3) is 0 Å². The Morgan fingerprint density at radius 3 is 2.52 bits per heavy atom. The molecule has 4 atom stereocenters. The maximum Gasteiger partial charge on any atom is 0.306 e. The van der Waals surface area contributed by atoms with Crippen LogP contribution < -0.4 is 10.2 Å². The molecule has 0 aromatic heterocycles. The molecule has 1 N–H and O–H groups in total. The summed E-state index contributed by atoms with van der Waals surface area (Å²) in [5, 5.41) is 2.85. The first-order valence-electron chi connectivity index (χ1n) is 10.4. The number of carbonyl (C=O) groups is 2. The fourth-order valence-electron chi connectivity index (χ4n) is 5.11. The van der Waals surface area contributed by atoms with Crippen molar-refractivity contribution >= 4 is 23.3 Å². The third-order valence-corrected chi connectivity index (χ3v) is 6.60. The number of nitrogens with zero attached hydrogens (tertiary/aromatic N) is 1. The van der Waals surface area contributed by atoms with Gasteiger partial charge in [0, 0.05) is 30.9 Å². The van der Waals surface area contributed by atoms with Crippen molar-refractivity contribution in [1.82, 2.24) is 0 Å². The van der Waals surface area contributed by atoms with Crippen LogP contribution in [0.15, 0.2) is 24.3 Å². The Morgan fingerprint density at radius 1 is 1.15 bits per heavy atom. The molecule has 1 aromatic rings. The highest BCUT2D eigenvalue weighted by molar-refractivity contribution is 5.95. The molecule has 0 spiro atoms. The van der Waals surface area contributed by atoms with Crippen molar-refractivity contribution in [3.63, 3.8) is 0 Å². The number of anilines is 2. The van der Waals surface area contributed by atoms with E-state index in [1.54, 1.807) is 6.92 Å². The Kier molecular flexibility index (Phi) is 5.37. The Labute approximate surface area is 161 Å². The van der Waals surface area contributed by atoms with Crippen molar-refractivity contribution < 1.29 is 14.3 Å². The summed E-state index contributed by atoms with van der Waals surface area (Å²) in [6.45, 7) is 3.84. The van der Waals surface area contributed by atoms with Crippen molar-refractivity contribution in [3.05, 3.63) is 24.3 Å². The second kappa shape index (κ2) is 7.91. The van der Waals surface area contributed by atoms with E-state index >= 15 is 0 Å². The van der Waals surface area contributed by atoms with Gasteiger partial charge in [-0.1, -0.05) is 6.42 Å². The van der Waals surface area contributed by atoms with Gasteiger partial charge in [0.15, 0.2) is 6.10 Å². The molecule has 27 heavy (non-hydrogen) atoms. The van der Waals surface area contributed by atoms with Crippen LogP contribution in [0.3, 0.4) is 0 Å². The molecule has 2 bridgehead atoms. The number of hydrogen-bond acceptors (Lipinski definition) is 4. The van der Waals surface area contributed by atoms with Gasteiger partial charge in [-0.05, 0) is 81.0 Å². The number of amides is 1. The lowest BCUT2D eigenvalue weighted by molar-refractivity contribution is -0.154. The van der Waals surface area contributed by atoms with Crippen molar-refractivity contribution in [2.75, 3.05) is 23.3 Å². The smallest absolute Gasteiger partial charge is 0.306 e. The van der Waals surface area contributed by atoms with Gasteiger partial charge in [-0.2, -0.15) is 0 Å². The first kappa shape index (κ1) is 18.3. The third-order valence-electron chi connectivity index (χ3n) is 6.60. The molecule has 5 nitrogen and oxygen atoms in total. The van der Waals surface area contributed by atoms with Crippen LogP contribution in [0.5, 0.6) is 0 Å². The molecule has 1 aliphatic heterocycles. The van der Waals surface area contributed by atoms with E-state index in [0.717, 1.165) is 31.1 Å². The van der Waals surface area contributed by atoms with Crippen molar-refractivity contribution in [2.45, 2.75) is 58.0 Å². The average molecular weight is 370 g/mol. The minimum absolute atomic E-state index is 0.236. The van der Waals surface area contributed by atoms with E-state index in [4.69, 9.17) is 4.74 Å². The Balaban J connectivity index is 1.24. The molecule has 2 aliphatic carbocycles. The molecule has 2 saturated carbocycles. The molecular formula is C22H30N2O3. The fraction of sp³-hybridized carbons (Fsp3) is 0.636. The summed E-state index contributed by atoms with van der Waals surface area (Å²) in [7, 11) is 0. The van der Waals surface area contributed by atoms with E-state index in [1.807, 2.05) is 24.3 Å². The second-order valence-electron chi connectivity index (χ2n) is 8.50. The average Bonchev–Trinajstić information content (AvgIpc) is 3.40. The third kappa shape index (κ3) is 4.28. The summed E-state index contributed by atoms with van der Waals surface area (Å²) >= 11 is 0. The van der Waals surface area contributed by atoms with Gasteiger partial charge in [-0.3, -0.25) is 9.59 Å². The predicted molar refractivity (Wildman–Crippen MR) is 106 cm³/mol. The van der Waals surface area contributed by atoms with Gasteiger partial charge in [0.05, 0.1) is 0 Å². The van der Waals surface area contributed by atoms with Crippen molar-refractivity contribution in [2.24, 2.45) is 17.8 Å². The summed E-state index contributed by atoms with van der Waals surface area (Å²) in [5.74, 6) is 1.47. The van der Waals surface area contributed by atoms with Gasteiger partial charge in [0.2, 0.25) is 0 Å². The molecule has 0 unspecified atom stereocenters. The van der Waals surface area contributed by atoms with E-state index in [9.17, 15) is 9.59 Å². The number of fused-ring (bicyclic) bond motifs is 2. The second-order valence-corrected chi connectivity index (χ2v) is 8.50. The van der Waals surface area contributed by atoms with E-state index in [1.165, 1.54) is 37.8 Å². The minimum Gasteiger partial charge on any atom is -0.453 e. The zero-order valence-corrected chi connectivity index (χ0v) is 16.2. The lowest BCUT2D eigenvalue weighted by Gasteiger charge is -2.21. The Morgan fingerprint density at radius 2 is 1.89 bits per heavy atom. The fourth-order valence-corrected chi connectivity index (χ4v) is 5.11. The lowest BCUT2D eigenvalue weighted by atomic mass is 9.86. The molecule has 0 radical (unpaired) electrons. The molecule has 3 fully saturated rings. The minimum atomic E-state index is -0.769. The normalized spacial score (nSPS) is 27.6. The van der Waals surface area contributed by atoms with E-state index in [2.05, 4.69) is 10.2 Å². The van der Waals surface area contributed by atoms with Gasteiger partial charge in [0.25, 0.3) is 5.91 Å². The van der Waals surface area contributed by atoms with Crippen LogP contribution in [0.4, 0.5) is 11.4 Å².